The molecular formula is C22H33NO5S. The molecule has 0 aromatic heterocycles. The van der Waals surface area contributed by atoms with Crippen molar-refractivity contribution >= 4 is 15.9 Å². The van der Waals surface area contributed by atoms with Crippen molar-refractivity contribution in [2.24, 2.45) is 11.3 Å². The lowest BCUT2D eigenvalue weighted by Gasteiger charge is -2.34. The van der Waals surface area contributed by atoms with Gasteiger partial charge in [-0.3, -0.25) is 0 Å². The minimum absolute atomic E-state index is 0.195. The highest BCUT2D eigenvalue weighted by Gasteiger charge is 2.54. The van der Waals surface area contributed by atoms with Gasteiger partial charge in [-0.15, -0.1) is 0 Å². The van der Waals surface area contributed by atoms with Crippen molar-refractivity contribution in [1.29, 1.82) is 0 Å². The topological polar surface area (TPSA) is 72.9 Å². The largest absolute Gasteiger partial charge is 0.494 e. The number of sulfone groups is 1. The molecule has 1 saturated heterocycles. The molecule has 0 bridgehead atoms. The number of amides is 1. The molecule has 0 N–H and O–H groups in total. The van der Waals surface area contributed by atoms with E-state index in [-0.39, 0.29) is 6.09 Å². The molecule has 0 radical (unpaired) electrons. The summed E-state index contributed by atoms with van der Waals surface area (Å²) in [6, 6.07) is 6.58. The summed E-state index contributed by atoms with van der Waals surface area (Å²) in [6.45, 7) is 7.90. The van der Waals surface area contributed by atoms with E-state index in [9.17, 15) is 13.2 Å². The highest BCUT2D eigenvalue weighted by molar-refractivity contribution is 7.90. The van der Waals surface area contributed by atoms with Crippen molar-refractivity contribution in [3.8, 4) is 5.75 Å². The molecule has 162 valence electrons. The van der Waals surface area contributed by atoms with Gasteiger partial charge in [0.2, 0.25) is 0 Å². The molecule has 1 aromatic carbocycles. The Morgan fingerprint density at radius 3 is 2.34 bits per heavy atom. The first-order valence-corrected chi connectivity index (χ1v) is 12.3. The van der Waals surface area contributed by atoms with Crippen molar-refractivity contribution in [2.75, 3.05) is 26.0 Å². The summed E-state index contributed by atoms with van der Waals surface area (Å²) in [5.74, 6) is 1.42. The van der Waals surface area contributed by atoms with Gasteiger partial charge in [0.25, 0.3) is 0 Å². The second-order valence-corrected chi connectivity index (χ2v) is 11.5. The fourth-order valence-corrected chi connectivity index (χ4v) is 4.85. The first-order chi connectivity index (χ1) is 13.5. The number of hydrogen-bond acceptors (Lipinski definition) is 5. The molecule has 1 amide bonds. The summed E-state index contributed by atoms with van der Waals surface area (Å²) in [5, 5.41) is 0. The summed E-state index contributed by atoms with van der Waals surface area (Å²) in [5.41, 5.74) is -0.0326. The first kappa shape index (κ1) is 21.9. The summed E-state index contributed by atoms with van der Waals surface area (Å²) >= 11 is 0. The van der Waals surface area contributed by atoms with Crippen molar-refractivity contribution in [3.63, 3.8) is 0 Å². The number of benzene rings is 1. The van der Waals surface area contributed by atoms with Crippen LogP contribution in [0.2, 0.25) is 0 Å². The van der Waals surface area contributed by atoms with Crippen LogP contribution in [0.1, 0.15) is 52.9 Å². The van der Waals surface area contributed by atoms with Crippen molar-refractivity contribution < 1.29 is 22.7 Å². The molecule has 1 spiro atoms. The summed E-state index contributed by atoms with van der Waals surface area (Å²) < 4.78 is 34.2. The Bertz CT molecular complexity index is 818. The van der Waals surface area contributed by atoms with E-state index in [2.05, 4.69) is 0 Å². The van der Waals surface area contributed by atoms with Crippen LogP contribution in [-0.4, -0.2) is 51.0 Å². The van der Waals surface area contributed by atoms with E-state index in [1.54, 1.807) is 24.3 Å². The Morgan fingerprint density at radius 1 is 1.17 bits per heavy atom. The van der Waals surface area contributed by atoms with E-state index < -0.39 is 15.4 Å². The lowest BCUT2D eigenvalue weighted by molar-refractivity contribution is 0.0164. The number of nitrogens with zero attached hydrogens (tertiary/aromatic N) is 1. The van der Waals surface area contributed by atoms with Gasteiger partial charge < -0.3 is 14.4 Å². The standard InChI is InChI=1S/C22H33NO5S/c1-21(2,3)28-20(24)23-13-11-22(12-14-23)16-17(22)6-5-15-27-18-7-9-19(10-8-18)29(4,25)26/h7-10,17H,5-6,11-16H2,1-4H3. The minimum atomic E-state index is -3.17. The molecule has 1 aliphatic carbocycles. The maximum atomic E-state index is 12.2. The SMILES string of the molecule is CC(C)(C)OC(=O)N1CCC2(CC1)CC2CCCOc1ccc(S(C)(=O)=O)cc1. The maximum absolute atomic E-state index is 12.2. The minimum Gasteiger partial charge on any atom is -0.494 e. The summed E-state index contributed by atoms with van der Waals surface area (Å²) in [7, 11) is -3.17. The van der Waals surface area contributed by atoms with Crippen LogP contribution in [0.4, 0.5) is 4.79 Å². The molecule has 3 rings (SSSR count). The number of hydrogen-bond donors (Lipinski definition) is 0. The molecule has 2 aliphatic rings. The van der Waals surface area contributed by atoms with Gasteiger partial charge >= 0.3 is 6.09 Å². The predicted octanol–water partition coefficient (Wildman–Crippen LogP) is 4.29. The van der Waals surface area contributed by atoms with Crippen LogP contribution in [0.25, 0.3) is 0 Å². The van der Waals surface area contributed by atoms with Crippen molar-refractivity contribution in [1.82, 2.24) is 4.90 Å². The normalized spacial score (nSPS) is 21.1. The molecule has 1 aliphatic heterocycles. The van der Waals surface area contributed by atoms with Gasteiger partial charge in [0.15, 0.2) is 9.84 Å². The average molecular weight is 424 g/mol. The Kier molecular flexibility index (Phi) is 6.18. The van der Waals surface area contributed by atoms with E-state index in [0.29, 0.717) is 22.7 Å². The first-order valence-electron chi connectivity index (χ1n) is 10.4. The number of carbonyl (C=O) groups excluding carboxylic acids is 1. The summed E-state index contributed by atoms with van der Waals surface area (Å²) in [4.78, 5) is 14.4. The molecule has 6 nitrogen and oxygen atoms in total. The summed E-state index contributed by atoms with van der Waals surface area (Å²) in [6.07, 6.45) is 6.49. The molecule has 1 unspecified atom stereocenters. The van der Waals surface area contributed by atoms with Crippen LogP contribution in [0.5, 0.6) is 5.75 Å². The van der Waals surface area contributed by atoms with Crippen LogP contribution in [0.15, 0.2) is 29.2 Å². The van der Waals surface area contributed by atoms with Crippen LogP contribution in [-0.2, 0) is 14.6 Å². The van der Waals surface area contributed by atoms with Crippen LogP contribution >= 0.6 is 0 Å². The number of carbonyl (C=O) groups is 1. The lowest BCUT2D eigenvalue weighted by atomic mass is 9.90. The van der Waals surface area contributed by atoms with Crippen molar-refractivity contribution in [3.05, 3.63) is 24.3 Å². The molecule has 2 fully saturated rings. The highest BCUT2D eigenvalue weighted by Crippen LogP contribution is 2.61. The molecule has 29 heavy (non-hydrogen) atoms. The Labute approximate surface area is 174 Å². The van der Waals surface area contributed by atoms with Gasteiger partial charge in [0.05, 0.1) is 11.5 Å². The number of ether oxygens (including phenoxy) is 2. The molecule has 1 atom stereocenters. The van der Waals surface area contributed by atoms with Gasteiger partial charge in [-0.2, -0.15) is 0 Å². The van der Waals surface area contributed by atoms with E-state index in [4.69, 9.17) is 9.47 Å². The molecular weight excluding hydrogens is 390 g/mol. The lowest BCUT2D eigenvalue weighted by Crippen LogP contribution is -2.42. The van der Waals surface area contributed by atoms with Gasteiger partial charge in [-0.1, -0.05) is 0 Å². The van der Waals surface area contributed by atoms with Gasteiger partial charge in [-0.25, -0.2) is 13.2 Å². The molecule has 1 heterocycles. The second-order valence-electron chi connectivity index (χ2n) is 9.47. The Balaban J connectivity index is 1.35. The van der Waals surface area contributed by atoms with Gasteiger partial charge in [0.1, 0.15) is 11.4 Å². The third-order valence-electron chi connectivity index (χ3n) is 5.99. The zero-order valence-corrected chi connectivity index (χ0v) is 18.8. The third-order valence-corrected chi connectivity index (χ3v) is 7.12. The monoisotopic (exact) mass is 423 g/mol. The van der Waals surface area contributed by atoms with Gasteiger partial charge in [0, 0.05) is 19.3 Å². The maximum Gasteiger partial charge on any atom is 0.410 e. The fourth-order valence-electron chi connectivity index (χ4n) is 4.22. The number of rotatable bonds is 6. The van der Waals surface area contributed by atoms with E-state index in [0.717, 1.165) is 44.7 Å². The van der Waals surface area contributed by atoms with Crippen LogP contribution < -0.4 is 4.74 Å². The smallest absolute Gasteiger partial charge is 0.410 e. The zero-order valence-electron chi connectivity index (χ0n) is 17.9. The van der Waals surface area contributed by atoms with Crippen LogP contribution in [0.3, 0.4) is 0 Å². The second kappa shape index (κ2) is 8.17. The van der Waals surface area contributed by atoms with E-state index in [1.165, 1.54) is 12.7 Å². The highest BCUT2D eigenvalue weighted by atomic mass is 32.2. The quantitative estimate of drug-likeness (QED) is 0.638. The molecule has 1 saturated carbocycles. The zero-order chi connectivity index (χ0) is 21.3. The van der Waals surface area contributed by atoms with Crippen LogP contribution in [0, 0.1) is 11.3 Å². The Hall–Kier alpha value is -1.76. The van der Waals surface area contributed by atoms with E-state index >= 15 is 0 Å². The molecule has 1 aromatic rings. The van der Waals surface area contributed by atoms with Crippen molar-refractivity contribution in [2.45, 2.75) is 63.4 Å². The molecule has 7 heteroatoms. The van der Waals surface area contributed by atoms with E-state index in [1.807, 2.05) is 25.7 Å². The predicted molar refractivity (Wildman–Crippen MR) is 112 cm³/mol. The third kappa shape index (κ3) is 5.87. The number of likely N-dealkylation sites (tertiary alicyclic amines) is 1. The van der Waals surface area contributed by atoms with Gasteiger partial charge in [-0.05, 0) is 88.5 Å². The number of piperidine rings is 1. The fraction of sp³-hybridized carbons (Fsp3) is 0.682. The Morgan fingerprint density at radius 2 is 1.79 bits per heavy atom. The average Bonchev–Trinajstić information content (AvgIpc) is 3.29.